The fraction of sp³-hybridized carbons (Fsp3) is 0.708. The number of benzene rings is 1. The van der Waals surface area contributed by atoms with E-state index in [1.54, 1.807) is 11.8 Å². The lowest BCUT2D eigenvalue weighted by atomic mass is 9.80. The van der Waals surface area contributed by atoms with Crippen molar-refractivity contribution in [2.45, 2.75) is 58.6 Å². The minimum Gasteiger partial charge on any atom is -0.381 e. The zero-order valence-corrected chi connectivity index (χ0v) is 21.0. The molecule has 3 atom stereocenters. The van der Waals surface area contributed by atoms with E-state index in [1.165, 1.54) is 22.3 Å². The van der Waals surface area contributed by atoms with Crippen molar-refractivity contribution >= 4 is 30.2 Å². The van der Waals surface area contributed by atoms with Gasteiger partial charge in [0.05, 0.1) is 12.0 Å². The Morgan fingerprint density at radius 1 is 1.26 bits per heavy atom. The highest BCUT2D eigenvalue weighted by atomic mass is 32.2. The van der Waals surface area contributed by atoms with Gasteiger partial charge in [-0.1, -0.05) is 19.1 Å². The van der Waals surface area contributed by atoms with Crippen molar-refractivity contribution in [3.8, 4) is 0 Å². The van der Waals surface area contributed by atoms with E-state index in [2.05, 4.69) is 30.9 Å². The van der Waals surface area contributed by atoms with E-state index < -0.39 is 0 Å². The van der Waals surface area contributed by atoms with Gasteiger partial charge in [-0.25, -0.2) is 0 Å². The Morgan fingerprint density at radius 3 is 2.68 bits per heavy atom. The van der Waals surface area contributed by atoms with Gasteiger partial charge >= 0.3 is 0 Å². The van der Waals surface area contributed by atoms with Gasteiger partial charge in [-0.2, -0.15) is 3.89 Å². The number of piperidine rings is 1. The molecule has 0 radical (unpaired) electrons. The first kappa shape index (κ1) is 26.7. The quantitative estimate of drug-likeness (QED) is 0.253. The number of thioether (sulfide) groups is 1. The zero-order chi connectivity index (χ0) is 22.6. The smallest absolute Gasteiger partial charge is 0.119 e. The Hall–Kier alpha value is -0.600. The van der Waals surface area contributed by atoms with Crippen LogP contribution in [0.4, 0.5) is 3.89 Å². The average molecular weight is 472 g/mol. The fourth-order valence-corrected chi connectivity index (χ4v) is 5.51. The molecule has 1 aromatic carbocycles. The van der Waals surface area contributed by atoms with Gasteiger partial charge < -0.3 is 14.3 Å². The van der Waals surface area contributed by atoms with E-state index in [9.17, 15) is 8.68 Å². The molecule has 0 aliphatic carbocycles. The Morgan fingerprint density at radius 2 is 2.00 bits per heavy atom. The van der Waals surface area contributed by atoms with Crippen molar-refractivity contribution < 1.29 is 18.2 Å². The van der Waals surface area contributed by atoms with Crippen molar-refractivity contribution in [2.75, 3.05) is 44.3 Å². The highest BCUT2D eigenvalue weighted by molar-refractivity contribution is 8.01. The molecule has 0 spiro atoms. The Balaban J connectivity index is 0.000000785. The number of aryl methyl sites for hydroxylation is 2. The molecule has 31 heavy (non-hydrogen) atoms. The molecule has 0 N–H and O–H groups in total. The van der Waals surface area contributed by atoms with Crippen LogP contribution in [0.25, 0.3) is 0 Å². The monoisotopic (exact) mass is 471 g/mol. The predicted octanol–water partition coefficient (Wildman–Crippen LogP) is 5.55. The Labute approximate surface area is 196 Å². The fourth-order valence-electron chi connectivity index (χ4n) is 4.44. The molecule has 0 saturated carbocycles. The first-order valence-corrected chi connectivity index (χ1v) is 13.3. The minimum atomic E-state index is 0.290. The van der Waals surface area contributed by atoms with Crippen molar-refractivity contribution in [1.29, 1.82) is 0 Å². The molecule has 176 valence electrons. The summed E-state index contributed by atoms with van der Waals surface area (Å²) < 4.78 is 23.7. The molecule has 4 nitrogen and oxygen atoms in total. The molecule has 2 aliphatic heterocycles. The lowest BCUT2D eigenvalue weighted by molar-refractivity contribution is -0.107. The highest BCUT2D eigenvalue weighted by Crippen LogP contribution is 2.41. The van der Waals surface area contributed by atoms with Crippen molar-refractivity contribution in [3.63, 3.8) is 0 Å². The van der Waals surface area contributed by atoms with Gasteiger partial charge in [-0.3, -0.25) is 4.90 Å². The number of rotatable bonds is 10. The van der Waals surface area contributed by atoms with E-state index in [-0.39, 0.29) is 6.10 Å². The molecule has 0 bridgehead atoms. The van der Waals surface area contributed by atoms with Crippen LogP contribution in [0.5, 0.6) is 0 Å². The molecule has 3 rings (SSSR count). The van der Waals surface area contributed by atoms with E-state index in [0.29, 0.717) is 42.2 Å². The van der Waals surface area contributed by atoms with Gasteiger partial charge in [0, 0.05) is 68.8 Å². The molecule has 7 heteroatoms. The lowest BCUT2D eigenvalue weighted by Gasteiger charge is -2.47. The van der Waals surface area contributed by atoms with Crippen LogP contribution < -0.4 is 0 Å². The van der Waals surface area contributed by atoms with Crippen LogP contribution in [0.3, 0.4) is 0 Å². The number of carbonyl (C=O) groups is 1. The van der Waals surface area contributed by atoms with Crippen molar-refractivity contribution in [1.82, 2.24) is 4.90 Å². The molecule has 2 heterocycles. The molecule has 0 amide bonds. The summed E-state index contributed by atoms with van der Waals surface area (Å²) in [5.74, 6) is 2.52. The largest absolute Gasteiger partial charge is 0.381 e. The number of ether oxygens (including phenoxy) is 2. The summed E-state index contributed by atoms with van der Waals surface area (Å²) in [6.45, 7) is 9.23. The van der Waals surface area contributed by atoms with Gasteiger partial charge in [0.2, 0.25) is 0 Å². The first-order valence-electron chi connectivity index (χ1n) is 11.2. The molecule has 1 aromatic rings. The van der Waals surface area contributed by atoms with Gasteiger partial charge in [0.15, 0.2) is 0 Å². The minimum absolute atomic E-state index is 0.290. The summed E-state index contributed by atoms with van der Waals surface area (Å²) in [4.78, 5) is 11.8. The van der Waals surface area contributed by atoms with E-state index in [1.807, 2.05) is 14.0 Å². The topological polar surface area (TPSA) is 38.8 Å². The summed E-state index contributed by atoms with van der Waals surface area (Å²) in [5.41, 5.74) is 5.84. The number of aldehydes is 1. The van der Waals surface area contributed by atoms with E-state index in [4.69, 9.17) is 9.47 Å². The number of hydrogen-bond acceptors (Lipinski definition) is 6. The molecular formula is C24H38FNO3S2. The molecular weight excluding hydrogens is 433 g/mol. The number of halogens is 1. The summed E-state index contributed by atoms with van der Waals surface area (Å²) in [7, 11) is 1.85. The summed E-state index contributed by atoms with van der Waals surface area (Å²) in [6, 6.07) is 5.29. The summed E-state index contributed by atoms with van der Waals surface area (Å²) in [5, 5.41) is 0. The van der Waals surface area contributed by atoms with E-state index in [0.717, 1.165) is 51.0 Å². The van der Waals surface area contributed by atoms with Crippen LogP contribution in [0.2, 0.25) is 0 Å². The maximum atomic E-state index is 12.0. The van der Waals surface area contributed by atoms with Gasteiger partial charge in [0.25, 0.3) is 0 Å². The third-order valence-electron chi connectivity index (χ3n) is 6.25. The van der Waals surface area contributed by atoms with Crippen LogP contribution in [-0.4, -0.2) is 61.5 Å². The maximum absolute atomic E-state index is 12.0. The van der Waals surface area contributed by atoms with Crippen LogP contribution in [0, 0.1) is 19.8 Å². The predicted molar refractivity (Wildman–Crippen MR) is 131 cm³/mol. The summed E-state index contributed by atoms with van der Waals surface area (Å²) >= 11 is 2.06. The third-order valence-corrected chi connectivity index (χ3v) is 7.69. The second kappa shape index (κ2) is 14.5. The molecule has 2 aliphatic rings. The second-order valence-electron chi connectivity index (χ2n) is 8.28. The van der Waals surface area contributed by atoms with Crippen molar-refractivity contribution in [3.05, 3.63) is 34.4 Å². The highest BCUT2D eigenvalue weighted by Gasteiger charge is 2.38. The number of fused-ring (bicyclic) bond motifs is 3. The number of carbonyl (C=O) groups excluding carboxylic acids is 1. The second-order valence-corrected chi connectivity index (χ2v) is 9.96. The molecule has 1 saturated heterocycles. The van der Waals surface area contributed by atoms with Crippen LogP contribution in [0.1, 0.15) is 54.5 Å². The number of methoxy groups -OCH3 is 1. The van der Waals surface area contributed by atoms with Gasteiger partial charge in [0.1, 0.15) is 6.29 Å². The third kappa shape index (κ3) is 8.04. The summed E-state index contributed by atoms with van der Waals surface area (Å²) in [6.07, 6.45) is 5.05. The van der Waals surface area contributed by atoms with Crippen LogP contribution in [0.15, 0.2) is 12.1 Å². The van der Waals surface area contributed by atoms with Crippen LogP contribution in [-0.2, 0) is 20.7 Å². The Bertz CT molecular complexity index is 676. The Kier molecular flexibility index (Phi) is 12.5. The van der Waals surface area contributed by atoms with Gasteiger partial charge in [-0.15, -0.1) is 11.8 Å². The maximum Gasteiger partial charge on any atom is 0.119 e. The van der Waals surface area contributed by atoms with Crippen molar-refractivity contribution in [2.24, 2.45) is 5.92 Å². The lowest BCUT2D eigenvalue weighted by Crippen LogP contribution is -2.48. The standard InChI is InChI=1S/C21H32FNO2S2.C3H6O/c1-15-10-17-4-6-23-13-18(5-7-25-14-26-8-9-27-22)21(24-3)12-20(23)19(17)11-16(15)2;1-2-3-4/h10-11,18,20-21H,4-9,12-14H2,1-3H3;3H,2H2,1H3/t18-,20-,21-;/m0./s1. The van der Waals surface area contributed by atoms with Crippen LogP contribution >= 0.6 is 23.9 Å². The number of nitrogens with zero attached hydrogens (tertiary/aromatic N) is 1. The number of hydrogen-bond donors (Lipinski definition) is 0. The van der Waals surface area contributed by atoms with E-state index >= 15 is 0 Å². The molecule has 0 unspecified atom stereocenters. The molecule has 0 aromatic heterocycles. The SMILES string of the molecule is CCC=O.CO[C@H]1C[C@H]2c3cc(C)c(C)cc3CCN2C[C@@H]1CCOCSCCSF. The molecule has 1 fully saturated rings. The average Bonchev–Trinajstić information content (AvgIpc) is 2.79. The first-order chi connectivity index (χ1) is 15.0. The normalized spacial score (nSPS) is 22.8. The van der Waals surface area contributed by atoms with Gasteiger partial charge in [-0.05, 0) is 55.4 Å². The zero-order valence-electron chi connectivity index (χ0n) is 19.4.